The molecule has 1 saturated heterocycles. The van der Waals surface area contributed by atoms with Crippen LogP contribution < -0.4 is 4.72 Å². The number of nitrogens with zero attached hydrogens (tertiary/aromatic N) is 2. The highest BCUT2D eigenvalue weighted by Gasteiger charge is 2.23. The van der Waals surface area contributed by atoms with E-state index in [1.165, 1.54) is 0 Å². The fraction of sp³-hybridized carbons (Fsp3) is 1.00. The topological polar surface area (TPSA) is 72.9 Å². The molecule has 1 atom stereocenters. The van der Waals surface area contributed by atoms with Crippen molar-refractivity contribution in [2.45, 2.75) is 18.9 Å². The molecular formula is C11H25N3O3S. The Balaban J connectivity index is 2.34. The summed E-state index contributed by atoms with van der Waals surface area (Å²) in [6.07, 6.45) is 1.04. The molecule has 0 bridgehead atoms. The molecule has 0 aromatic rings. The largest absolute Gasteiger partial charge is 0.396 e. The molecule has 1 fully saturated rings. The Bertz CT molecular complexity index is 334. The summed E-state index contributed by atoms with van der Waals surface area (Å²) in [4.78, 5) is 4.40. The molecule has 1 aliphatic heterocycles. The minimum absolute atomic E-state index is 0.0473. The minimum Gasteiger partial charge on any atom is -0.396 e. The maximum Gasteiger partial charge on any atom is 0.211 e. The van der Waals surface area contributed by atoms with Gasteiger partial charge in [0.1, 0.15) is 0 Å². The highest BCUT2D eigenvalue weighted by atomic mass is 32.2. The maximum atomic E-state index is 11.7. The van der Waals surface area contributed by atoms with Crippen LogP contribution in [0.3, 0.4) is 0 Å². The van der Waals surface area contributed by atoms with Gasteiger partial charge < -0.3 is 10.0 Å². The Labute approximate surface area is 110 Å². The van der Waals surface area contributed by atoms with E-state index in [0.29, 0.717) is 19.4 Å². The van der Waals surface area contributed by atoms with Crippen LogP contribution in [0, 0.1) is 0 Å². The molecule has 1 rings (SSSR count). The Morgan fingerprint density at radius 3 is 2.67 bits per heavy atom. The quantitative estimate of drug-likeness (QED) is 0.580. The third kappa shape index (κ3) is 5.62. The Kier molecular flexibility index (Phi) is 6.51. The van der Waals surface area contributed by atoms with Crippen LogP contribution >= 0.6 is 0 Å². The number of unbranched alkanes of at least 4 members (excludes halogenated alkanes) is 1. The van der Waals surface area contributed by atoms with Gasteiger partial charge in [-0.25, -0.2) is 13.1 Å². The van der Waals surface area contributed by atoms with Crippen molar-refractivity contribution >= 4 is 10.0 Å². The second-order valence-electron chi connectivity index (χ2n) is 4.99. The van der Waals surface area contributed by atoms with Crippen LogP contribution in [0.4, 0.5) is 0 Å². The lowest BCUT2D eigenvalue weighted by Gasteiger charge is -2.37. The Hall–Kier alpha value is -0.210. The summed E-state index contributed by atoms with van der Waals surface area (Å²) in [5.41, 5.74) is 0. The molecule has 1 unspecified atom stereocenters. The van der Waals surface area contributed by atoms with Crippen LogP contribution in [0.5, 0.6) is 0 Å². The Morgan fingerprint density at radius 2 is 2.00 bits per heavy atom. The van der Waals surface area contributed by atoms with Gasteiger partial charge in [0.15, 0.2) is 0 Å². The zero-order valence-electron chi connectivity index (χ0n) is 11.3. The summed E-state index contributed by atoms with van der Waals surface area (Å²) >= 11 is 0. The number of hydrogen-bond acceptors (Lipinski definition) is 5. The summed E-state index contributed by atoms with van der Waals surface area (Å²) in [5.74, 6) is 0.0971. The van der Waals surface area contributed by atoms with Gasteiger partial charge in [-0.3, -0.25) is 4.90 Å². The molecule has 0 saturated carbocycles. The molecule has 0 radical (unpaired) electrons. The summed E-state index contributed by atoms with van der Waals surface area (Å²) in [7, 11) is 0.876. The number of hydrogen-bond donors (Lipinski definition) is 2. The van der Waals surface area contributed by atoms with E-state index in [-0.39, 0.29) is 18.4 Å². The first kappa shape index (κ1) is 15.8. The van der Waals surface area contributed by atoms with Crippen molar-refractivity contribution in [1.29, 1.82) is 0 Å². The molecule has 0 aromatic heterocycles. The molecule has 1 heterocycles. The van der Waals surface area contributed by atoms with Crippen LogP contribution in [0.2, 0.25) is 0 Å². The van der Waals surface area contributed by atoms with E-state index < -0.39 is 10.0 Å². The normalized spacial score (nSPS) is 23.4. The van der Waals surface area contributed by atoms with E-state index >= 15 is 0 Å². The van der Waals surface area contributed by atoms with E-state index in [4.69, 9.17) is 5.11 Å². The summed E-state index contributed by atoms with van der Waals surface area (Å²) < 4.78 is 26.1. The van der Waals surface area contributed by atoms with Crippen molar-refractivity contribution in [1.82, 2.24) is 14.5 Å². The van der Waals surface area contributed by atoms with Gasteiger partial charge in [-0.2, -0.15) is 0 Å². The third-order valence-electron chi connectivity index (χ3n) is 3.34. The monoisotopic (exact) mass is 279 g/mol. The van der Waals surface area contributed by atoms with Crippen LogP contribution in [-0.2, 0) is 10.0 Å². The van der Waals surface area contributed by atoms with Crippen molar-refractivity contribution in [3.63, 3.8) is 0 Å². The van der Waals surface area contributed by atoms with Crippen molar-refractivity contribution in [2.24, 2.45) is 0 Å². The lowest BCUT2D eigenvalue weighted by Crippen LogP contribution is -2.54. The highest BCUT2D eigenvalue weighted by Crippen LogP contribution is 2.05. The number of aliphatic hydroxyl groups is 1. The van der Waals surface area contributed by atoms with E-state index in [1.807, 2.05) is 7.05 Å². The molecule has 0 aromatic carbocycles. The van der Waals surface area contributed by atoms with Gasteiger partial charge in [0, 0.05) is 38.8 Å². The molecule has 0 amide bonds. The van der Waals surface area contributed by atoms with Crippen LogP contribution in [-0.4, -0.2) is 82.0 Å². The third-order valence-corrected chi connectivity index (χ3v) is 4.77. The summed E-state index contributed by atoms with van der Waals surface area (Å²) in [5, 5.41) is 8.63. The van der Waals surface area contributed by atoms with Gasteiger partial charge in [0.05, 0.1) is 5.75 Å². The molecule has 0 spiro atoms. The lowest BCUT2D eigenvalue weighted by molar-refractivity contribution is 0.117. The van der Waals surface area contributed by atoms with Gasteiger partial charge in [-0.05, 0) is 26.9 Å². The van der Waals surface area contributed by atoms with Gasteiger partial charge in [0.25, 0.3) is 0 Å². The number of sulfonamides is 1. The van der Waals surface area contributed by atoms with E-state index in [9.17, 15) is 8.42 Å². The summed E-state index contributed by atoms with van der Waals surface area (Å²) in [6, 6.07) is 0.233. The van der Waals surface area contributed by atoms with Crippen LogP contribution in [0.25, 0.3) is 0 Å². The number of aliphatic hydroxyl groups excluding tert-OH is 1. The maximum absolute atomic E-state index is 11.7. The molecule has 7 heteroatoms. The van der Waals surface area contributed by atoms with Crippen LogP contribution in [0.15, 0.2) is 0 Å². The number of likely N-dealkylation sites (N-methyl/N-ethyl adjacent to an activating group) is 2. The van der Waals surface area contributed by atoms with Gasteiger partial charge in [0.2, 0.25) is 10.0 Å². The van der Waals surface area contributed by atoms with Gasteiger partial charge >= 0.3 is 0 Å². The Morgan fingerprint density at radius 1 is 1.28 bits per heavy atom. The second kappa shape index (κ2) is 7.40. The van der Waals surface area contributed by atoms with Gasteiger partial charge in [-0.1, -0.05) is 0 Å². The van der Waals surface area contributed by atoms with Crippen molar-refractivity contribution in [2.75, 3.05) is 52.6 Å². The number of piperazine rings is 1. The fourth-order valence-corrected chi connectivity index (χ4v) is 3.20. The first-order valence-electron chi connectivity index (χ1n) is 6.41. The first-order valence-corrected chi connectivity index (χ1v) is 8.07. The predicted octanol–water partition coefficient (Wildman–Crippen LogP) is -1.08. The van der Waals surface area contributed by atoms with E-state index in [0.717, 1.165) is 19.6 Å². The molecule has 2 N–H and O–H groups in total. The van der Waals surface area contributed by atoms with Crippen molar-refractivity contribution in [3.05, 3.63) is 0 Å². The molecular weight excluding hydrogens is 254 g/mol. The average Bonchev–Trinajstić information content (AvgIpc) is 2.31. The van der Waals surface area contributed by atoms with E-state index in [1.54, 1.807) is 0 Å². The highest BCUT2D eigenvalue weighted by molar-refractivity contribution is 7.89. The van der Waals surface area contributed by atoms with Gasteiger partial charge in [-0.15, -0.1) is 0 Å². The van der Waals surface area contributed by atoms with Crippen molar-refractivity contribution in [3.8, 4) is 0 Å². The standard InChI is InChI=1S/C11H25N3O3S/c1-13-5-6-14(2)11(10-13)9-12-18(16,17)8-4-3-7-15/h11-12,15H,3-10H2,1-2H3. The van der Waals surface area contributed by atoms with Crippen molar-refractivity contribution < 1.29 is 13.5 Å². The number of nitrogens with one attached hydrogen (secondary N) is 1. The molecule has 108 valence electrons. The summed E-state index contributed by atoms with van der Waals surface area (Å²) in [6.45, 7) is 3.38. The first-order chi connectivity index (χ1) is 8.44. The molecule has 6 nitrogen and oxygen atoms in total. The van der Waals surface area contributed by atoms with Crippen LogP contribution in [0.1, 0.15) is 12.8 Å². The fourth-order valence-electron chi connectivity index (χ4n) is 2.02. The zero-order chi connectivity index (χ0) is 13.6. The minimum atomic E-state index is -3.20. The molecule has 18 heavy (non-hydrogen) atoms. The average molecular weight is 279 g/mol. The zero-order valence-corrected chi connectivity index (χ0v) is 12.1. The molecule has 0 aliphatic carbocycles. The lowest BCUT2D eigenvalue weighted by atomic mass is 10.2. The molecule has 1 aliphatic rings. The number of rotatable bonds is 7. The van der Waals surface area contributed by atoms with E-state index in [2.05, 4.69) is 21.6 Å². The second-order valence-corrected chi connectivity index (χ2v) is 6.92. The smallest absolute Gasteiger partial charge is 0.211 e. The SMILES string of the molecule is CN1CCN(C)C(CNS(=O)(=O)CCCCO)C1. The predicted molar refractivity (Wildman–Crippen MR) is 72.0 cm³/mol.